The van der Waals surface area contributed by atoms with Gasteiger partial charge in [0.1, 0.15) is 23.6 Å². The molecule has 0 atom stereocenters. The number of anilines is 1. The van der Waals surface area contributed by atoms with Gasteiger partial charge in [0.15, 0.2) is 12.3 Å². The van der Waals surface area contributed by atoms with E-state index in [2.05, 4.69) is 27.8 Å². The van der Waals surface area contributed by atoms with Crippen LogP contribution in [0.25, 0.3) is 27.8 Å². The molecule has 8 nitrogen and oxygen atoms in total. The van der Waals surface area contributed by atoms with Gasteiger partial charge in [0.2, 0.25) is 0 Å². The van der Waals surface area contributed by atoms with Crippen molar-refractivity contribution in [1.82, 2.24) is 19.4 Å². The lowest BCUT2D eigenvalue weighted by Crippen LogP contribution is -2.50. The standard InChI is InChI=1S/C31H28ClN5O3/c1-39-27-10-6-5-9-26(27)37-19-25(22-7-3-2-4-8-22)29-30(33-21-34-31(29)37)36-17-15-35(16-18-36)28(38)20-40-24-13-11-23(32)12-14-24/h2-14,19,21H,15-18,20H2,1H3. The van der Waals surface area contributed by atoms with Gasteiger partial charge in [0, 0.05) is 43.0 Å². The fourth-order valence-electron chi connectivity index (χ4n) is 5.07. The highest BCUT2D eigenvalue weighted by Gasteiger charge is 2.26. The number of methoxy groups -OCH3 is 1. The zero-order valence-corrected chi connectivity index (χ0v) is 22.8. The van der Waals surface area contributed by atoms with E-state index >= 15 is 0 Å². The Balaban J connectivity index is 1.28. The van der Waals surface area contributed by atoms with Gasteiger partial charge in [-0.15, -0.1) is 0 Å². The number of halogens is 1. The molecule has 9 heteroatoms. The minimum atomic E-state index is -0.0465. The molecule has 202 valence electrons. The summed E-state index contributed by atoms with van der Waals surface area (Å²) < 4.78 is 13.4. The Labute approximate surface area is 237 Å². The second kappa shape index (κ2) is 11.3. The molecule has 0 aliphatic carbocycles. The summed E-state index contributed by atoms with van der Waals surface area (Å²) in [6.07, 6.45) is 3.71. The SMILES string of the molecule is COc1ccccc1-n1cc(-c2ccccc2)c2c(N3CCN(C(=O)COc4ccc(Cl)cc4)CC3)ncnc21. The van der Waals surface area contributed by atoms with E-state index in [1.165, 1.54) is 0 Å². The maximum atomic E-state index is 12.9. The van der Waals surface area contributed by atoms with Crippen LogP contribution in [0.4, 0.5) is 5.82 Å². The molecule has 1 aliphatic heterocycles. The molecule has 0 saturated carbocycles. The summed E-state index contributed by atoms with van der Waals surface area (Å²) in [6, 6.07) is 25.2. The van der Waals surface area contributed by atoms with Crippen LogP contribution in [0.15, 0.2) is 91.4 Å². The number of hydrogen-bond donors (Lipinski definition) is 0. The number of amides is 1. The molecule has 0 N–H and O–H groups in total. The van der Waals surface area contributed by atoms with Gasteiger partial charge in [-0.05, 0) is 42.0 Å². The molecule has 6 rings (SSSR count). The molecule has 5 aromatic rings. The molecule has 1 aliphatic rings. The number of piperazine rings is 1. The summed E-state index contributed by atoms with van der Waals surface area (Å²) in [4.78, 5) is 26.4. The van der Waals surface area contributed by atoms with Gasteiger partial charge in [0.05, 0.1) is 18.2 Å². The molecule has 0 radical (unpaired) electrons. The number of hydrogen-bond acceptors (Lipinski definition) is 6. The van der Waals surface area contributed by atoms with E-state index in [1.54, 1.807) is 37.7 Å². The Morgan fingerprint density at radius 1 is 0.900 bits per heavy atom. The highest BCUT2D eigenvalue weighted by molar-refractivity contribution is 6.30. The van der Waals surface area contributed by atoms with Crippen molar-refractivity contribution in [3.8, 4) is 28.3 Å². The van der Waals surface area contributed by atoms with Crippen molar-refractivity contribution >= 4 is 34.4 Å². The first-order valence-electron chi connectivity index (χ1n) is 13.1. The van der Waals surface area contributed by atoms with Crippen LogP contribution in [0, 0.1) is 0 Å². The van der Waals surface area contributed by atoms with Crippen molar-refractivity contribution in [2.24, 2.45) is 0 Å². The average Bonchev–Trinajstić information content (AvgIpc) is 3.41. The van der Waals surface area contributed by atoms with E-state index in [9.17, 15) is 4.79 Å². The summed E-state index contributed by atoms with van der Waals surface area (Å²) in [7, 11) is 1.67. The van der Waals surface area contributed by atoms with Crippen molar-refractivity contribution < 1.29 is 14.3 Å². The maximum Gasteiger partial charge on any atom is 0.260 e. The number of carbonyl (C=O) groups is 1. The normalized spacial score (nSPS) is 13.4. The molecule has 0 spiro atoms. The van der Waals surface area contributed by atoms with Gasteiger partial charge >= 0.3 is 0 Å². The van der Waals surface area contributed by atoms with Crippen molar-refractivity contribution in [1.29, 1.82) is 0 Å². The minimum absolute atomic E-state index is 0.0146. The number of aromatic nitrogens is 3. The van der Waals surface area contributed by atoms with Crippen LogP contribution in [0.1, 0.15) is 0 Å². The Morgan fingerprint density at radius 3 is 2.38 bits per heavy atom. The summed E-state index contributed by atoms with van der Waals surface area (Å²) in [5.74, 6) is 2.18. The first kappa shape index (κ1) is 25.7. The zero-order chi connectivity index (χ0) is 27.5. The topological polar surface area (TPSA) is 72.7 Å². The average molecular weight is 554 g/mol. The van der Waals surface area contributed by atoms with Gasteiger partial charge in [-0.25, -0.2) is 9.97 Å². The van der Waals surface area contributed by atoms with Gasteiger partial charge in [-0.2, -0.15) is 0 Å². The molecule has 3 aromatic carbocycles. The summed E-state index contributed by atoms with van der Waals surface area (Å²) >= 11 is 5.94. The molecule has 1 amide bonds. The van der Waals surface area contributed by atoms with E-state index in [0.29, 0.717) is 37.0 Å². The zero-order valence-electron chi connectivity index (χ0n) is 22.0. The van der Waals surface area contributed by atoms with Crippen molar-refractivity contribution in [2.45, 2.75) is 0 Å². The Bertz CT molecular complexity index is 1630. The fraction of sp³-hybridized carbons (Fsp3) is 0.194. The first-order valence-corrected chi connectivity index (χ1v) is 13.5. The van der Waals surface area contributed by atoms with Crippen LogP contribution in [-0.2, 0) is 4.79 Å². The predicted octanol–water partition coefficient (Wildman–Crippen LogP) is 5.48. The number of para-hydroxylation sites is 2. The quantitative estimate of drug-likeness (QED) is 0.266. The molecule has 3 heterocycles. The fourth-order valence-corrected chi connectivity index (χ4v) is 5.20. The van der Waals surface area contributed by atoms with Crippen LogP contribution in [0.2, 0.25) is 5.02 Å². The molecule has 40 heavy (non-hydrogen) atoms. The Hall–Kier alpha value is -4.56. The number of nitrogens with zero attached hydrogens (tertiary/aromatic N) is 5. The third-order valence-corrected chi connectivity index (χ3v) is 7.35. The molecule has 2 aromatic heterocycles. The van der Waals surface area contributed by atoms with Crippen LogP contribution in [0.3, 0.4) is 0 Å². The van der Waals surface area contributed by atoms with Gasteiger partial charge in [-0.1, -0.05) is 54.1 Å². The van der Waals surface area contributed by atoms with Crippen LogP contribution in [-0.4, -0.2) is 65.2 Å². The molecular formula is C31H28ClN5O3. The summed E-state index contributed by atoms with van der Waals surface area (Å²) in [5.41, 5.74) is 3.80. The van der Waals surface area contributed by atoms with Crippen LogP contribution < -0.4 is 14.4 Å². The van der Waals surface area contributed by atoms with Crippen molar-refractivity contribution in [2.75, 3.05) is 44.8 Å². The van der Waals surface area contributed by atoms with Gasteiger partial charge in [0.25, 0.3) is 5.91 Å². The number of benzene rings is 3. The first-order chi connectivity index (χ1) is 19.6. The number of carbonyl (C=O) groups excluding carboxylic acids is 1. The minimum Gasteiger partial charge on any atom is -0.495 e. The van der Waals surface area contributed by atoms with Crippen molar-refractivity contribution in [3.05, 3.63) is 96.4 Å². The lowest BCUT2D eigenvalue weighted by Gasteiger charge is -2.35. The third kappa shape index (κ3) is 5.05. The second-order valence-electron chi connectivity index (χ2n) is 9.46. The maximum absolute atomic E-state index is 12.9. The molecule has 0 unspecified atom stereocenters. The lowest BCUT2D eigenvalue weighted by molar-refractivity contribution is -0.133. The summed E-state index contributed by atoms with van der Waals surface area (Å²) in [5, 5.41) is 1.59. The van der Waals surface area contributed by atoms with E-state index in [0.717, 1.165) is 39.4 Å². The van der Waals surface area contributed by atoms with E-state index in [4.69, 9.17) is 31.0 Å². The Morgan fingerprint density at radius 2 is 1.62 bits per heavy atom. The molecule has 1 saturated heterocycles. The van der Waals surface area contributed by atoms with E-state index < -0.39 is 0 Å². The predicted molar refractivity (Wildman–Crippen MR) is 157 cm³/mol. The largest absolute Gasteiger partial charge is 0.495 e. The summed E-state index contributed by atoms with van der Waals surface area (Å²) in [6.45, 7) is 2.42. The molecule has 0 bridgehead atoms. The highest BCUT2D eigenvalue weighted by atomic mass is 35.5. The monoisotopic (exact) mass is 553 g/mol. The van der Waals surface area contributed by atoms with E-state index in [1.807, 2.05) is 47.4 Å². The smallest absolute Gasteiger partial charge is 0.260 e. The molecular weight excluding hydrogens is 526 g/mol. The molecule has 1 fully saturated rings. The number of rotatable bonds is 7. The lowest BCUT2D eigenvalue weighted by atomic mass is 10.1. The Kier molecular flexibility index (Phi) is 7.25. The number of ether oxygens (including phenoxy) is 2. The van der Waals surface area contributed by atoms with Gasteiger partial charge in [-0.3, -0.25) is 9.36 Å². The van der Waals surface area contributed by atoms with Crippen LogP contribution >= 0.6 is 11.6 Å². The third-order valence-electron chi connectivity index (χ3n) is 7.10. The second-order valence-corrected chi connectivity index (χ2v) is 9.89. The van der Waals surface area contributed by atoms with Crippen molar-refractivity contribution in [3.63, 3.8) is 0 Å². The highest BCUT2D eigenvalue weighted by Crippen LogP contribution is 2.38. The van der Waals surface area contributed by atoms with Gasteiger partial charge < -0.3 is 19.3 Å². The van der Waals surface area contributed by atoms with E-state index in [-0.39, 0.29) is 12.5 Å². The van der Waals surface area contributed by atoms with Crippen LogP contribution in [0.5, 0.6) is 11.5 Å². The number of fused-ring (bicyclic) bond motifs is 1.